The summed E-state index contributed by atoms with van der Waals surface area (Å²) in [5, 5.41) is 0.210. The molecule has 0 aliphatic carbocycles. The van der Waals surface area contributed by atoms with Crippen LogP contribution in [0.5, 0.6) is 0 Å². The Morgan fingerprint density at radius 2 is 1.03 bits per heavy atom. The standard InChI is InChI=1S/C33H21N3Te/c1-3-10-22(11-4-1)31-34-32(23-12-5-2-6-13-23)36-33(35-31)26-15-9-14-24(20-26)25-18-19-28-27-16-7-8-17-29(27)37-30(28)21-25/h1-21H/i7D,8D,9D,14D,15D,16D,17D,18D,19D,20D,21D. The molecule has 0 aliphatic heterocycles. The Kier molecular flexibility index (Phi) is 3.42. The van der Waals surface area contributed by atoms with E-state index in [0.29, 0.717) is 14.5 Å². The molecule has 2 heterocycles. The van der Waals surface area contributed by atoms with E-state index in [2.05, 4.69) is 15.0 Å². The van der Waals surface area contributed by atoms with Crippen molar-refractivity contribution in [1.82, 2.24) is 15.0 Å². The van der Waals surface area contributed by atoms with Crippen LogP contribution >= 0.6 is 0 Å². The summed E-state index contributed by atoms with van der Waals surface area (Å²) in [5.74, 6) is 0.387. The Hall–Kier alpha value is -4.10. The molecular weight excluding hydrogens is 566 g/mol. The van der Waals surface area contributed by atoms with Crippen LogP contribution in [0.3, 0.4) is 0 Å². The van der Waals surface area contributed by atoms with Crippen LogP contribution in [0.2, 0.25) is 0 Å². The summed E-state index contributed by atoms with van der Waals surface area (Å²) in [6.07, 6.45) is 0. The molecule has 0 amide bonds. The number of hydrogen-bond donors (Lipinski definition) is 0. The number of nitrogens with zero attached hydrogens (tertiary/aromatic N) is 3. The molecule has 0 atom stereocenters. The average molecular weight is 598 g/mol. The van der Waals surface area contributed by atoms with Gasteiger partial charge in [-0.3, -0.25) is 0 Å². The van der Waals surface area contributed by atoms with Crippen LogP contribution < -0.4 is 0 Å². The molecule has 4 heteroatoms. The van der Waals surface area contributed by atoms with Crippen LogP contribution in [-0.4, -0.2) is 35.4 Å². The van der Waals surface area contributed by atoms with Gasteiger partial charge >= 0.3 is 228 Å². The topological polar surface area (TPSA) is 38.7 Å². The molecule has 2 aromatic heterocycles. The van der Waals surface area contributed by atoms with Crippen molar-refractivity contribution in [1.29, 1.82) is 0 Å². The fourth-order valence-electron chi connectivity index (χ4n) is 3.92. The molecule has 0 fully saturated rings. The van der Waals surface area contributed by atoms with E-state index < -0.39 is 68.8 Å². The molecule has 0 unspecified atom stereocenters. The van der Waals surface area contributed by atoms with Crippen LogP contribution in [0.1, 0.15) is 15.1 Å². The van der Waals surface area contributed by atoms with Crippen molar-refractivity contribution in [2.24, 2.45) is 0 Å². The number of hydrogen-bond acceptors (Lipinski definition) is 3. The van der Waals surface area contributed by atoms with Crippen molar-refractivity contribution in [3.05, 3.63) is 127 Å². The predicted molar refractivity (Wildman–Crippen MR) is 154 cm³/mol. The first-order chi connectivity index (χ1) is 22.9. The van der Waals surface area contributed by atoms with Crippen molar-refractivity contribution in [2.75, 3.05) is 0 Å². The van der Waals surface area contributed by atoms with Gasteiger partial charge in [-0.2, -0.15) is 0 Å². The fourth-order valence-corrected chi connectivity index (χ4v) is 6.69. The van der Waals surface area contributed by atoms with Crippen LogP contribution in [0.4, 0.5) is 0 Å². The first-order valence-corrected chi connectivity index (χ1v) is 13.7. The van der Waals surface area contributed by atoms with Gasteiger partial charge < -0.3 is 0 Å². The molecule has 0 bridgehead atoms. The van der Waals surface area contributed by atoms with Gasteiger partial charge in [-0.05, 0) is 0 Å². The molecule has 7 rings (SSSR count). The van der Waals surface area contributed by atoms with Crippen LogP contribution in [0.25, 0.3) is 62.9 Å². The summed E-state index contributed by atoms with van der Waals surface area (Å²) in [6, 6.07) is 13.3. The van der Waals surface area contributed by atoms with E-state index in [1.165, 1.54) is 0 Å². The Balaban J connectivity index is 1.56. The normalized spacial score (nSPS) is 15.4. The molecule has 174 valence electrons. The first-order valence-electron chi connectivity index (χ1n) is 16.8. The van der Waals surface area contributed by atoms with Crippen LogP contribution in [-0.2, 0) is 0 Å². The molecule has 0 radical (unpaired) electrons. The van der Waals surface area contributed by atoms with Crippen molar-refractivity contribution >= 4 is 38.0 Å². The third kappa shape index (κ3) is 4.25. The minimum absolute atomic E-state index is 0.0946. The average Bonchev–Trinajstić information content (AvgIpc) is 3.51. The molecule has 0 saturated carbocycles. The first kappa shape index (κ1) is 13.4. The van der Waals surface area contributed by atoms with Crippen molar-refractivity contribution in [3.63, 3.8) is 0 Å². The second-order valence-corrected chi connectivity index (χ2v) is 11.0. The summed E-state index contributed by atoms with van der Waals surface area (Å²) in [5.41, 5.74) is 0.517. The predicted octanol–water partition coefficient (Wildman–Crippen LogP) is 7.90. The fraction of sp³-hybridized carbons (Fsp3) is 0. The molecule has 7 aromatic rings. The quantitative estimate of drug-likeness (QED) is 0.194. The maximum atomic E-state index is 9.31. The van der Waals surface area contributed by atoms with Crippen molar-refractivity contribution in [2.45, 2.75) is 0 Å². The Labute approximate surface area is 240 Å². The summed E-state index contributed by atoms with van der Waals surface area (Å²) in [4.78, 5) is 13.8. The Morgan fingerprint density at radius 1 is 0.459 bits per heavy atom. The van der Waals surface area contributed by atoms with Gasteiger partial charge in [0.05, 0.1) is 0 Å². The van der Waals surface area contributed by atoms with Gasteiger partial charge in [0.15, 0.2) is 0 Å². The molecule has 0 spiro atoms. The summed E-state index contributed by atoms with van der Waals surface area (Å²) in [6.45, 7) is 0. The van der Waals surface area contributed by atoms with E-state index in [1.54, 1.807) is 24.3 Å². The molecule has 3 nitrogen and oxygen atoms in total. The minimum atomic E-state index is -1.65. The van der Waals surface area contributed by atoms with E-state index >= 15 is 0 Å². The van der Waals surface area contributed by atoms with E-state index in [-0.39, 0.29) is 66.5 Å². The van der Waals surface area contributed by atoms with Crippen LogP contribution in [0.15, 0.2) is 127 Å². The second kappa shape index (κ2) is 9.41. The molecule has 5 aromatic carbocycles. The Morgan fingerprint density at radius 3 is 1.73 bits per heavy atom. The Bertz CT molecular complexity index is 2410. The molecule has 0 N–H and O–H groups in total. The van der Waals surface area contributed by atoms with Gasteiger partial charge in [0.1, 0.15) is 0 Å². The molecule has 0 saturated heterocycles. The number of fused-ring (bicyclic) bond motifs is 3. The molecular formula is C33H21N3Te. The van der Waals surface area contributed by atoms with E-state index in [9.17, 15) is 2.74 Å². The van der Waals surface area contributed by atoms with E-state index in [4.69, 9.17) is 12.3 Å². The van der Waals surface area contributed by atoms with Crippen LogP contribution in [0, 0.1) is 0 Å². The second-order valence-electron chi connectivity index (χ2n) is 8.05. The van der Waals surface area contributed by atoms with Gasteiger partial charge in [0.25, 0.3) is 0 Å². The van der Waals surface area contributed by atoms with Gasteiger partial charge in [-0.25, -0.2) is 0 Å². The van der Waals surface area contributed by atoms with Crippen molar-refractivity contribution < 1.29 is 15.1 Å². The van der Waals surface area contributed by atoms with E-state index in [0.717, 1.165) is 0 Å². The third-order valence-corrected chi connectivity index (χ3v) is 8.60. The maximum absolute atomic E-state index is 9.31. The zero-order valence-electron chi connectivity index (χ0n) is 30.0. The SMILES string of the molecule is [2H]c1c([2H])c(-c2nc(-c3ccccc3)nc(-c3ccccc3)n2)c([2H])c(-c2c([2H])c([2H])c3c([te]c4c([2H])c([2H])c([2H])c([2H])c43)c2[2H])c1[2H]. The van der Waals surface area contributed by atoms with Gasteiger partial charge in [0, 0.05) is 0 Å². The number of rotatable bonds is 4. The molecule has 0 aliphatic rings. The molecule has 37 heavy (non-hydrogen) atoms. The van der Waals surface area contributed by atoms with E-state index in [1.807, 2.05) is 36.4 Å². The van der Waals surface area contributed by atoms with Gasteiger partial charge in [-0.15, -0.1) is 0 Å². The van der Waals surface area contributed by atoms with Gasteiger partial charge in [-0.1, -0.05) is 12.1 Å². The summed E-state index contributed by atoms with van der Waals surface area (Å²) in [7, 11) is 0. The monoisotopic (exact) mass is 600 g/mol. The third-order valence-electron chi connectivity index (χ3n) is 5.68. The zero-order chi connectivity index (χ0) is 34.2. The zero-order valence-corrected chi connectivity index (χ0v) is 21.4. The van der Waals surface area contributed by atoms with Crippen molar-refractivity contribution in [3.8, 4) is 45.3 Å². The summed E-state index contributed by atoms with van der Waals surface area (Å²) >= 11 is -1.65. The summed E-state index contributed by atoms with van der Waals surface area (Å²) < 4.78 is 96.7. The number of benzene rings is 5. The number of aromatic nitrogens is 3. The van der Waals surface area contributed by atoms with Gasteiger partial charge in [0.2, 0.25) is 0 Å².